The topological polar surface area (TPSA) is 18.5 Å². The molecule has 1 saturated heterocycles. The molecule has 2 nitrogen and oxygen atoms in total. The SMILES string of the molecule is C=CC1Cc2ccc(B3OC(C)(C)C(C)(C)O3)cc2C1. The standard InChI is InChI=1S/C17H23BO2/c1-6-12-9-13-7-8-15(11-14(13)10-12)18-19-16(2,3)17(4,5)20-18/h6-8,11-12H,1,9-10H2,2-5H3. The highest BCUT2D eigenvalue weighted by molar-refractivity contribution is 6.62. The van der Waals surface area contributed by atoms with Gasteiger partial charge in [-0.2, -0.15) is 0 Å². The van der Waals surface area contributed by atoms with Gasteiger partial charge in [-0.1, -0.05) is 24.3 Å². The van der Waals surface area contributed by atoms with Crippen LogP contribution in [-0.4, -0.2) is 18.3 Å². The zero-order valence-electron chi connectivity index (χ0n) is 12.9. The highest BCUT2D eigenvalue weighted by atomic mass is 16.7. The molecule has 0 N–H and O–H groups in total. The van der Waals surface area contributed by atoms with Crippen LogP contribution in [0.2, 0.25) is 0 Å². The Morgan fingerprint density at radius 3 is 2.30 bits per heavy atom. The van der Waals surface area contributed by atoms with Crippen molar-refractivity contribution in [3.63, 3.8) is 0 Å². The van der Waals surface area contributed by atoms with E-state index in [1.54, 1.807) is 0 Å². The van der Waals surface area contributed by atoms with Crippen LogP contribution in [0.15, 0.2) is 30.9 Å². The fourth-order valence-electron chi connectivity index (χ4n) is 2.96. The fraction of sp³-hybridized carbons (Fsp3) is 0.529. The molecule has 1 aromatic carbocycles. The predicted octanol–water partition coefficient (Wildman–Crippen LogP) is 2.89. The lowest BCUT2D eigenvalue weighted by atomic mass is 9.78. The average molecular weight is 270 g/mol. The summed E-state index contributed by atoms with van der Waals surface area (Å²) in [6.07, 6.45) is 4.27. The smallest absolute Gasteiger partial charge is 0.399 e. The monoisotopic (exact) mass is 270 g/mol. The summed E-state index contributed by atoms with van der Waals surface area (Å²) < 4.78 is 12.2. The minimum Gasteiger partial charge on any atom is -0.399 e. The highest BCUT2D eigenvalue weighted by Crippen LogP contribution is 2.37. The van der Waals surface area contributed by atoms with Crippen LogP contribution < -0.4 is 5.46 Å². The van der Waals surface area contributed by atoms with Crippen molar-refractivity contribution < 1.29 is 9.31 Å². The molecule has 0 aromatic heterocycles. The molecule has 1 fully saturated rings. The quantitative estimate of drug-likeness (QED) is 0.607. The third-order valence-corrected chi connectivity index (χ3v) is 5.05. The Labute approximate surface area is 122 Å². The molecule has 2 aliphatic rings. The Morgan fingerprint density at radius 1 is 1.10 bits per heavy atom. The summed E-state index contributed by atoms with van der Waals surface area (Å²) in [5.74, 6) is 0.582. The van der Waals surface area contributed by atoms with Crippen molar-refractivity contribution in [2.24, 2.45) is 5.92 Å². The summed E-state index contributed by atoms with van der Waals surface area (Å²) in [7, 11) is -0.256. The van der Waals surface area contributed by atoms with Gasteiger partial charge in [-0.15, -0.1) is 6.58 Å². The maximum atomic E-state index is 6.12. The van der Waals surface area contributed by atoms with Crippen LogP contribution in [0.3, 0.4) is 0 Å². The molecule has 3 rings (SSSR count). The van der Waals surface area contributed by atoms with Crippen molar-refractivity contribution in [3.05, 3.63) is 42.0 Å². The maximum absolute atomic E-state index is 6.12. The highest BCUT2D eigenvalue weighted by Gasteiger charge is 2.51. The van der Waals surface area contributed by atoms with E-state index in [9.17, 15) is 0 Å². The van der Waals surface area contributed by atoms with E-state index in [0.29, 0.717) is 5.92 Å². The van der Waals surface area contributed by atoms with Gasteiger partial charge in [-0.05, 0) is 63.0 Å². The lowest BCUT2D eigenvalue weighted by Gasteiger charge is -2.32. The summed E-state index contributed by atoms with van der Waals surface area (Å²) in [5.41, 5.74) is 3.44. The molecule has 0 spiro atoms. The molecular formula is C17H23BO2. The summed E-state index contributed by atoms with van der Waals surface area (Å²) in [5, 5.41) is 0. The normalized spacial score (nSPS) is 26.6. The Kier molecular flexibility index (Phi) is 3.11. The van der Waals surface area contributed by atoms with Gasteiger partial charge in [0.1, 0.15) is 0 Å². The largest absolute Gasteiger partial charge is 0.494 e. The molecule has 3 heteroatoms. The van der Waals surface area contributed by atoms with Gasteiger partial charge < -0.3 is 9.31 Å². The second-order valence-corrected chi connectivity index (χ2v) is 7.02. The Hall–Kier alpha value is -1.06. The third kappa shape index (κ3) is 2.13. The second-order valence-electron chi connectivity index (χ2n) is 7.02. The van der Waals surface area contributed by atoms with Crippen LogP contribution in [0.5, 0.6) is 0 Å². The summed E-state index contributed by atoms with van der Waals surface area (Å²) in [6.45, 7) is 12.3. The average Bonchev–Trinajstić information content (AvgIpc) is 2.87. The van der Waals surface area contributed by atoms with Crippen LogP contribution in [0, 0.1) is 5.92 Å². The molecule has 0 saturated carbocycles. The Bertz CT molecular complexity index is 532. The second kappa shape index (κ2) is 4.47. The van der Waals surface area contributed by atoms with Crippen LogP contribution in [0.1, 0.15) is 38.8 Å². The van der Waals surface area contributed by atoms with Gasteiger partial charge in [0, 0.05) is 0 Å². The minimum absolute atomic E-state index is 0.256. The van der Waals surface area contributed by atoms with Crippen molar-refractivity contribution in [1.29, 1.82) is 0 Å². The number of fused-ring (bicyclic) bond motifs is 1. The maximum Gasteiger partial charge on any atom is 0.494 e. The van der Waals surface area contributed by atoms with E-state index >= 15 is 0 Å². The lowest BCUT2D eigenvalue weighted by Crippen LogP contribution is -2.41. The predicted molar refractivity (Wildman–Crippen MR) is 83.3 cm³/mol. The molecule has 1 heterocycles. The van der Waals surface area contributed by atoms with E-state index in [4.69, 9.17) is 9.31 Å². The Balaban J connectivity index is 1.86. The number of hydrogen-bond acceptors (Lipinski definition) is 2. The van der Waals surface area contributed by atoms with Gasteiger partial charge in [0.25, 0.3) is 0 Å². The molecule has 0 bridgehead atoms. The van der Waals surface area contributed by atoms with Crippen molar-refractivity contribution in [2.45, 2.75) is 51.7 Å². The first-order valence-corrected chi connectivity index (χ1v) is 7.42. The number of hydrogen-bond donors (Lipinski definition) is 0. The van der Waals surface area contributed by atoms with Gasteiger partial charge in [0.05, 0.1) is 11.2 Å². The number of rotatable bonds is 2. The first kappa shape index (κ1) is 13.9. The van der Waals surface area contributed by atoms with Crippen LogP contribution >= 0.6 is 0 Å². The van der Waals surface area contributed by atoms with Gasteiger partial charge >= 0.3 is 7.12 Å². The zero-order valence-corrected chi connectivity index (χ0v) is 12.9. The first-order chi connectivity index (χ1) is 9.32. The van der Waals surface area contributed by atoms with E-state index in [1.807, 2.05) is 0 Å². The fourth-order valence-corrected chi connectivity index (χ4v) is 2.96. The van der Waals surface area contributed by atoms with Crippen molar-refractivity contribution in [1.82, 2.24) is 0 Å². The molecule has 0 amide bonds. The zero-order chi connectivity index (χ0) is 14.5. The minimum atomic E-state index is -0.277. The van der Waals surface area contributed by atoms with Crippen LogP contribution in [-0.2, 0) is 22.2 Å². The van der Waals surface area contributed by atoms with Crippen molar-refractivity contribution >= 4 is 12.6 Å². The molecule has 1 aliphatic heterocycles. The van der Waals surface area contributed by atoms with Gasteiger partial charge in [-0.3, -0.25) is 0 Å². The molecule has 1 aromatic rings. The van der Waals surface area contributed by atoms with Crippen molar-refractivity contribution in [3.8, 4) is 0 Å². The first-order valence-electron chi connectivity index (χ1n) is 7.42. The Morgan fingerprint density at radius 2 is 1.70 bits per heavy atom. The molecule has 1 atom stereocenters. The number of allylic oxidation sites excluding steroid dienone is 1. The van der Waals surface area contributed by atoms with E-state index in [2.05, 4.69) is 58.5 Å². The third-order valence-electron chi connectivity index (χ3n) is 5.05. The summed E-state index contributed by atoms with van der Waals surface area (Å²) in [4.78, 5) is 0. The summed E-state index contributed by atoms with van der Waals surface area (Å²) >= 11 is 0. The lowest BCUT2D eigenvalue weighted by molar-refractivity contribution is 0.00578. The summed E-state index contributed by atoms with van der Waals surface area (Å²) in [6, 6.07) is 6.62. The molecule has 1 aliphatic carbocycles. The van der Waals surface area contributed by atoms with Crippen molar-refractivity contribution in [2.75, 3.05) is 0 Å². The van der Waals surface area contributed by atoms with E-state index in [-0.39, 0.29) is 18.3 Å². The van der Waals surface area contributed by atoms with Gasteiger partial charge in [0.2, 0.25) is 0 Å². The van der Waals surface area contributed by atoms with E-state index in [0.717, 1.165) is 18.3 Å². The van der Waals surface area contributed by atoms with Gasteiger partial charge in [0.15, 0.2) is 0 Å². The number of benzene rings is 1. The van der Waals surface area contributed by atoms with Crippen LogP contribution in [0.25, 0.3) is 0 Å². The molecule has 20 heavy (non-hydrogen) atoms. The molecule has 1 unspecified atom stereocenters. The molecule has 0 radical (unpaired) electrons. The van der Waals surface area contributed by atoms with Crippen LogP contribution in [0.4, 0.5) is 0 Å². The van der Waals surface area contributed by atoms with E-state index in [1.165, 1.54) is 11.1 Å². The molecule has 106 valence electrons. The van der Waals surface area contributed by atoms with E-state index < -0.39 is 0 Å². The molecular weight excluding hydrogens is 247 g/mol. The van der Waals surface area contributed by atoms with Gasteiger partial charge in [-0.25, -0.2) is 0 Å².